The van der Waals surface area contributed by atoms with E-state index in [9.17, 15) is 14.4 Å². The van der Waals surface area contributed by atoms with Crippen molar-refractivity contribution in [3.05, 3.63) is 34.9 Å². The largest absolute Gasteiger partial charge is 0.292 e. The predicted molar refractivity (Wildman–Crippen MR) is 82.6 cm³/mol. The quantitative estimate of drug-likeness (QED) is 0.635. The topological polar surface area (TPSA) is 54.5 Å². The standard InChI is InChI=1S/C17H18ClNO3/c18-13-6-4-5-12(9-13)14(20)11-19-15(21)10-17(16(19)22)7-2-1-3-8-17/h4-6,9H,1-3,7-8,10-11H2. The van der Waals surface area contributed by atoms with E-state index >= 15 is 0 Å². The molecular formula is C17H18ClNO3. The molecule has 1 saturated heterocycles. The molecule has 1 aliphatic heterocycles. The number of carbonyl (C=O) groups is 3. The molecule has 5 heteroatoms. The molecule has 1 heterocycles. The minimum Gasteiger partial charge on any atom is -0.292 e. The third-order valence-electron chi connectivity index (χ3n) is 4.75. The summed E-state index contributed by atoms with van der Waals surface area (Å²) in [5, 5.41) is 0.466. The highest BCUT2D eigenvalue weighted by molar-refractivity contribution is 6.31. The van der Waals surface area contributed by atoms with Crippen molar-refractivity contribution >= 4 is 29.2 Å². The molecule has 2 aliphatic rings. The van der Waals surface area contributed by atoms with Crippen molar-refractivity contribution in [2.75, 3.05) is 6.54 Å². The molecular weight excluding hydrogens is 302 g/mol. The fourth-order valence-corrected chi connectivity index (χ4v) is 3.73. The fraction of sp³-hybridized carbons (Fsp3) is 0.471. The maximum atomic E-state index is 12.7. The number of hydrogen-bond donors (Lipinski definition) is 0. The molecule has 1 spiro atoms. The van der Waals surface area contributed by atoms with Gasteiger partial charge in [-0.3, -0.25) is 19.3 Å². The van der Waals surface area contributed by atoms with Crippen LogP contribution in [0.3, 0.4) is 0 Å². The summed E-state index contributed by atoms with van der Waals surface area (Å²) in [6, 6.07) is 6.58. The van der Waals surface area contributed by atoms with Crippen LogP contribution in [-0.2, 0) is 9.59 Å². The number of hydrogen-bond acceptors (Lipinski definition) is 3. The molecule has 2 fully saturated rings. The molecule has 0 radical (unpaired) electrons. The first-order valence-electron chi connectivity index (χ1n) is 7.65. The highest BCUT2D eigenvalue weighted by Gasteiger charge is 2.51. The van der Waals surface area contributed by atoms with E-state index in [4.69, 9.17) is 11.6 Å². The minimum atomic E-state index is -0.538. The van der Waals surface area contributed by atoms with Crippen LogP contribution in [0, 0.1) is 5.41 Å². The summed E-state index contributed by atoms with van der Waals surface area (Å²) in [6.07, 6.45) is 4.86. The maximum absolute atomic E-state index is 12.7. The molecule has 1 aliphatic carbocycles. The van der Waals surface area contributed by atoms with E-state index in [0.717, 1.165) is 37.0 Å². The van der Waals surface area contributed by atoms with Crippen LogP contribution in [0.25, 0.3) is 0 Å². The maximum Gasteiger partial charge on any atom is 0.236 e. The predicted octanol–water partition coefficient (Wildman–Crippen LogP) is 3.23. The van der Waals surface area contributed by atoms with Crippen LogP contribution >= 0.6 is 11.6 Å². The highest BCUT2D eigenvalue weighted by atomic mass is 35.5. The first-order valence-corrected chi connectivity index (χ1v) is 8.03. The molecule has 0 aromatic heterocycles. The van der Waals surface area contributed by atoms with E-state index in [0.29, 0.717) is 10.6 Å². The second kappa shape index (κ2) is 5.84. The summed E-state index contributed by atoms with van der Waals surface area (Å²) in [4.78, 5) is 38.3. The van der Waals surface area contributed by atoms with E-state index in [1.54, 1.807) is 24.3 Å². The van der Waals surface area contributed by atoms with Crippen molar-refractivity contribution in [3.63, 3.8) is 0 Å². The van der Waals surface area contributed by atoms with E-state index in [1.807, 2.05) is 0 Å². The number of rotatable bonds is 3. The number of Topliss-reactive ketones (excluding diaryl/α,β-unsaturated/α-hetero) is 1. The van der Waals surface area contributed by atoms with Crippen LogP contribution in [0.1, 0.15) is 48.9 Å². The number of benzene rings is 1. The average molecular weight is 320 g/mol. The number of halogens is 1. The Kier molecular flexibility index (Phi) is 4.04. The van der Waals surface area contributed by atoms with Crippen molar-refractivity contribution in [1.82, 2.24) is 4.90 Å². The van der Waals surface area contributed by atoms with Gasteiger partial charge in [-0.25, -0.2) is 0 Å². The molecule has 1 saturated carbocycles. The molecule has 3 rings (SSSR count). The van der Waals surface area contributed by atoms with Crippen LogP contribution in [0.5, 0.6) is 0 Å². The Labute approximate surface area is 134 Å². The molecule has 1 aromatic rings. The number of amides is 2. The van der Waals surface area contributed by atoms with Gasteiger partial charge in [0.1, 0.15) is 0 Å². The summed E-state index contributed by atoms with van der Waals surface area (Å²) in [5.74, 6) is -0.632. The Morgan fingerprint density at radius 1 is 1.18 bits per heavy atom. The molecule has 4 nitrogen and oxygen atoms in total. The fourth-order valence-electron chi connectivity index (χ4n) is 3.54. The second-order valence-electron chi connectivity index (χ2n) is 6.24. The van der Waals surface area contributed by atoms with Gasteiger partial charge in [-0.05, 0) is 25.0 Å². The number of nitrogens with zero attached hydrogens (tertiary/aromatic N) is 1. The lowest BCUT2D eigenvalue weighted by Gasteiger charge is -2.30. The van der Waals surface area contributed by atoms with Gasteiger partial charge < -0.3 is 0 Å². The zero-order valence-electron chi connectivity index (χ0n) is 12.3. The van der Waals surface area contributed by atoms with Crippen LogP contribution < -0.4 is 0 Å². The summed E-state index contributed by atoms with van der Waals surface area (Å²) in [6.45, 7) is -0.181. The van der Waals surface area contributed by atoms with Gasteiger partial charge in [0.15, 0.2) is 5.78 Å². The Balaban J connectivity index is 1.76. The smallest absolute Gasteiger partial charge is 0.236 e. The lowest BCUT2D eigenvalue weighted by atomic mass is 9.73. The summed E-state index contributed by atoms with van der Waals surface area (Å²) < 4.78 is 0. The molecule has 2 amide bonds. The lowest BCUT2D eigenvalue weighted by Crippen LogP contribution is -2.39. The first-order chi connectivity index (χ1) is 10.5. The third kappa shape index (κ3) is 2.68. The third-order valence-corrected chi connectivity index (χ3v) is 4.98. The Bertz CT molecular complexity index is 635. The van der Waals surface area contributed by atoms with Crippen molar-refractivity contribution in [1.29, 1.82) is 0 Å². The molecule has 22 heavy (non-hydrogen) atoms. The monoisotopic (exact) mass is 319 g/mol. The summed E-state index contributed by atoms with van der Waals surface area (Å²) in [5.41, 5.74) is -0.109. The van der Waals surface area contributed by atoms with Crippen LogP contribution in [-0.4, -0.2) is 29.0 Å². The summed E-state index contributed by atoms with van der Waals surface area (Å²) >= 11 is 5.88. The SMILES string of the molecule is O=C(CN1C(=O)CC2(CCCCC2)C1=O)c1cccc(Cl)c1. The van der Waals surface area contributed by atoms with E-state index < -0.39 is 5.41 Å². The van der Waals surface area contributed by atoms with Crippen molar-refractivity contribution in [2.45, 2.75) is 38.5 Å². The Morgan fingerprint density at radius 3 is 2.59 bits per heavy atom. The van der Waals surface area contributed by atoms with Gasteiger partial charge in [0.25, 0.3) is 0 Å². The molecule has 0 atom stereocenters. The second-order valence-corrected chi connectivity index (χ2v) is 6.67. The van der Waals surface area contributed by atoms with E-state index in [1.165, 1.54) is 0 Å². The lowest BCUT2D eigenvalue weighted by molar-refractivity contribution is -0.141. The zero-order chi connectivity index (χ0) is 15.7. The van der Waals surface area contributed by atoms with E-state index in [2.05, 4.69) is 0 Å². The number of imide groups is 1. The molecule has 116 valence electrons. The van der Waals surface area contributed by atoms with Crippen molar-refractivity contribution in [3.8, 4) is 0 Å². The highest BCUT2D eigenvalue weighted by Crippen LogP contribution is 2.45. The molecule has 0 N–H and O–H groups in total. The first kappa shape index (κ1) is 15.2. The average Bonchev–Trinajstić information content (AvgIpc) is 2.72. The Morgan fingerprint density at radius 2 is 1.91 bits per heavy atom. The number of ketones is 1. The van der Waals surface area contributed by atoms with Gasteiger partial charge in [0.2, 0.25) is 11.8 Å². The van der Waals surface area contributed by atoms with Crippen molar-refractivity contribution < 1.29 is 14.4 Å². The van der Waals surface area contributed by atoms with Crippen molar-refractivity contribution in [2.24, 2.45) is 5.41 Å². The van der Waals surface area contributed by atoms with Gasteiger partial charge in [0.05, 0.1) is 12.0 Å². The van der Waals surface area contributed by atoms with E-state index in [-0.39, 0.29) is 30.6 Å². The van der Waals surface area contributed by atoms with Gasteiger partial charge in [0, 0.05) is 17.0 Å². The number of carbonyl (C=O) groups excluding carboxylic acids is 3. The van der Waals surface area contributed by atoms with Crippen LogP contribution in [0.2, 0.25) is 5.02 Å². The van der Waals surface area contributed by atoms with Gasteiger partial charge >= 0.3 is 0 Å². The summed E-state index contributed by atoms with van der Waals surface area (Å²) in [7, 11) is 0. The molecule has 0 unspecified atom stereocenters. The minimum absolute atomic E-state index is 0.160. The molecule has 0 bridgehead atoms. The number of likely N-dealkylation sites (tertiary alicyclic amines) is 1. The normalized spacial score (nSPS) is 20.7. The van der Waals surface area contributed by atoms with Gasteiger partial charge in [-0.1, -0.05) is 43.0 Å². The Hall–Kier alpha value is -1.68. The van der Waals surface area contributed by atoms with Gasteiger partial charge in [-0.2, -0.15) is 0 Å². The van der Waals surface area contributed by atoms with Crippen LogP contribution in [0.15, 0.2) is 24.3 Å². The zero-order valence-corrected chi connectivity index (χ0v) is 13.1. The molecule has 1 aromatic carbocycles. The van der Waals surface area contributed by atoms with Crippen LogP contribution in [0.4, 0.5) is 0 Å². The van der Waals surface area contributed by atoms with Gasteiger partial charge in [-0.15, -0.1) is 0 Å².